The van der Waals surface area contributed by atoms with E-state index in [0.29, 0.717) is 18.2 Å². The standard InChI is InChI=1S/C10H11N3OS/c1-14-6-7-5-9(11)13-10(12-7)8-3-2-4-15-8/h2-5H,6H2,1H3,(H2,11,12,13). The number of nitrogen functional groups attached to an aromatic ring is 1. The number of rotatable bonds is 3. The maximum Gasteiger partial charge on any atom is 0.171 e. The Balaban J connectivity index is 2.40. The average molecular weight is 221 g/mol. The molecule has 0 spiro atoms. The van der Waals surface area contributed by atoms with Gasteiger partial charge in [0.05, 0.1) is 17.2 Å². The summed E-state index contributed by atoms with van der Waals surface area (Å²) in [7, 11) is 1.63. The first-order valence-electron chi connectivity index (χ1n) is 4.46. The second kappa shape index (κ2) is 4.37. The van der Waals surface area contributed by atoms with E-state index in [4.69, 9.17) is 10.5 Å². The quantitative estimate of drug-likeness (QED) is 0.860. The average Bonchev–Trinajstić information content (AvgIpc) is 2.70. The maximum absolute atomic E-state index is 5.69. The fraction of sp³-hybridized carbons (Fsp3) is 0.200. The van der Waals surface area contributed by atoms with Gasteiger partial charge in [0.25, 0.3) is 0 Å². The van der Waals surface area contributed by atoms with Crippen LogP contribution in [0.1, 0.15) is 5.69 Å². The van der Waals surface area contributed by atoms with Crippen LogP contribution in [0.3, 0.4) is 0 Å². The van der Waals surface area contributed by atoms with E-state index in [1.54, 1.807) is 24.5 Å². The number of aromatic nitrogens is 2. The Morgan fingerprint density at radius 1 is 1.47 bits per heavy atom. The zero-order valence-electron chi connectivity index (χ0n) is 8.30. The van der Waals surface area contributed by atoms with Crippen LogP contribution in [0, 0.1) is 0 Å². The monoisotopic (exact) mass is 221 g/mol. The first-order valence-corrected chi connectivity index (χ1v) is 5.34. The van der Waals surface area contributed by atoms with Crippen LogP contribution in [0.5, 0.6) is 0 Å². The van der Waals surface area contributed by atoms with Gasteiger partial charge in [0.15, 0.2) is 5.82 Å². The molecular formula is C10H11N3OS. The second-order valence-corrected chi connectivity index (χ2v) is 3.97. The molecule has 4 nitrogen and oxygen atoms in total. The van der Waals surface area contributed by atoms with Crippen LogP contribution in [-0.2, 0) is 11.3 Å². The van der Waals surface area contributed by atoms with Crippen molar-refractivity contribution in [1.82, 2.24) is 9.97 Å². The molecule has 0 aliphatic rings. The number of hydrogen-bond acceptors (Lipinski definition) is 5. The van der Waals surface area contributed by atoms with Crippen LogP contribution in [0.4, 0.5) is 5.82 Å². The van der Waals surface area contributed by atoms with Gasteiger partial charge in [-0.05, 0) is 11.4 Å². The first kappa shape index (κ1) is 10.1. The highest BCUT2D eigenvalue weighted by Crippen LogP contribution is 2.22. The number of ether oxygens (including phenoxy) is 1. The van der Waals surface area contributed by atoms with Crippen molar-refractivity contribution in [3.63, 3.8) is 0 Å². The summed E-state index contributed by atoms with van der Waals surface area (Å²) in [6, 6.07) is 5.65. The molecule has 0 aliphatic heterocycles. The first-order chi connectivity index (χ1) is 7.29. The fourth-order valence-electron chi connectivity index (χ4n) is 1.26. The minimum Gasteiger partial charge on any atom is -0.384 e. The maximum atomic E-state index is 5.69. The Bertz CT molecular complexity index is 442. The summed E-state index contributed by atoms with van der Waals surface area (Å²) >= 11 is 1.59. The van der Waals surface area contributed by atoms with Crippen LogP contribution in [0.25, 0.3) is 10.7 Å². The van der Waals surface area contributed by atoms with Crippen molar-refractivity contribution in [2.24, 2.45) is 0 Å². The van der Waals surface area contributed by atoms with Gasteiger partial charge in [0, 0.05) is 13.2 Å². The van der Waals surface area contributed by atoms with E-state index < -0.39 is 0 Å². The molecule has 15 heavy (non-hydrogen) atoms. The molecule has 2 aromatic rings. The lowest BCUT2D eigenvalue weighted by atomic mass is 10.3. The van der Waals surface area contributed by atoms with Crippen molar-refractivity contribution >= 4 is 17.2 Å². The van der Waals surface area contributed by atoms with Crippen molar-refractivity contribution in [1.29, 1.82) is 0 Å². The Hall–Kier alpha value is -1.46. The number of anilines is 1. The molecule has 0 radical (unpaired) electrons. The third-order valence-electron chi connectivity index (χ3n) is 1.83. The van der Waals surface area contributed by atoms with Gasteiger partial charge in [-0.1, -0.05) is 6.07 Å². The van der Waals surface area contributed by atoms with E-state index in [1.165, 1.54) is 0 Å². The van der Waals surface area contributed by atoms with E-state index in [-0.39, 0.29) is 0 Å². The van der Waals surface area contributed by atoms with Crippen LogP contribution >= 0.6 is 11.3 Å². The van der Waals surface area contributed by atoms with Crippen LogP contribution < -0.4 is 5.73 Å². The van der Waals surface area contributed by atoms with Crippen molar-refractivity contribution in [3.8, 4) is 10.7 Å². The summed E-state index contributed by atoms with van der Waals surface area (Å²) in [6.07, 6.45) is 0. The normalized spacial score (nSPS) is 10.5. The minimum absolute atomic E-state index is 0.449. The molecule has 0 amide bonds. The SMILES string of the molecule is COCc1cc(N)nc(-c2cccs2)n1. The molecule has 2 aromatic heterocycles. The van der Waals surface area contributed by atoms with Gasteiger partial charge in [0.2, 0.25) is 0 Å². The highest BCUT2D eigenvalue weighted by Gasteiger charge is 2.05. The molecule has 0 atom stereocenters. The van der Waals surface area contributed by atoms with E-state index in [9.17, 15) is 0 Å². The van der Waals surface area contributed by atoms with Crippen molar-refractivity contribution in [3.05, 3.63) is 29.3 Å². The van der Waals surface area contributed by atoms with Gasteiger partial charge in [0.1, 0.15) is 5.82 Å². The number of methoxy groups -OCH3 is 1. The lowest BCUT2D eigenvalue weighted by molar-refractivity contribution is 0.181. The van der Waals surface area contributed by atoms with Crippen LogP contribution in [-0.4, -0.2) is 17.1 Å². The number of nitrogens with two attached hydrogens (primary N) is 1. The smallest absolute Gasteiger partial charge is 0.171 e. The largest absolute Gasteiger partial charge is 0.384 e. The van der Waals surface area contributed by atoms with Gasteiger partial charge in [-0.2, -0.15) is 0 Å². The molecule has 0 unspecified atom stereocenters. The van der Waals surface area contributed by atoms with Crippen LogP contribution in [0.2, 0.25) is 0 Å². The van der Waals surface area contributed by atoms with Gasteiger partial charge < -0.3 is 10.5 Å². The van der Waals surface area contributed by atoms with Crippen LogP contribution in [0.15, 0.2) is 23.6 Å². The molecule has 2 rings (SSSR count). The van der Waals surface area contributed by atoms with Gasteiger partial charge in [-0.25, -0.2) is 9.97 Å². The molecular weight excluding hydrogens is 210 g/mol. The van der Waals surface area contributed by atoms with Crippen molar-refractivity contribution in [2.45, 2.75) is 6.61 Å². The minimum atomic E-state index is 0.449. The third-order valence-corrected chi connectivity index (χ3v) is 2.70. The van der Waals surface area contributed by atoms with E-state index in [1.807, 2.05) is 17.5 Å². The molecule has 2 heterocycles. The van der Waals surface area contributed by atoms with E-state index in [2.05, 4.69) is 9.97 Å². The highest BCUT2D eigenvalue weighted by atomic mass is 32.1. The zero-order valence-corrected chi connectivity index (χ0v) is 9.12. The summed E-state index contributed by atoms with van der Waals surface area (Å²) in [4.78, 5) is 9.55. The molecule has 5 heteroatoms. The molecule has 0 saturated heterocycles. The molecule has 78 valence electrons. The number of hydrogen-bond donors (Lipinski definition) is 1. The lowest BCUT2D eigenvalue weighted by Gasteiger charge is -2.03. The fourth-order valence-corrected chi connectivity index (χ4v) is 1.91. The Morgan fingerprint density at radius 3 is 3.00 bits per heavy atom. The van der Waals surface area contributed by atoms with Gasteiger partial charge in [-0.3, -0.25) is 0 Å². The van der Waals surface area contributed by atoms with Gasteiger partial charge >= 0.3 is 0 Å². The molecule has 0 fully saturated rings. The predicted octanol–water partition coefficient (Wildman–Crippen LogP) is 1.93. The number of thiophene rings is 1. The Kier molecular flexibility index (Phi) is 2.94. The van der Waals surface area contributed by atoms with E-state index >= 15 is 0 Å². The summed E-state index contributed by atoms with van der Waals surface area (Å²) < 4.78 is 5.01. The highest BCUT2D eigenvalue weighted by molar-refractivity contribution is 7.13. The summed E-state index contributed by atoms with van der Waals surface area (Å²) in [5.41, 5.74) is 6.49. The van der Waals surface area contributed by atoms with Crippen molar-refractivity contribution in [2.75, 3.05) is 12.8 Å². The molecule has 0 bridgehead atoms. The molecule has 2 N–H and O–H groups in total. The Morgan fingerprint density at radius 2 is 2.33 bits per heavy atom. The zero-order chi connectivity index (χ0) is 10.7. The number of nitrogens with zero attached hydrogens (tertiary/aromatic N) is 2. The second-order valence-electron chi connectivity index (χ2n) is 3.02. The molecule has 0 aromatic carbocycles. The Labute approximate surface area is 91.8 Å². The van der Waals surface area contributed by atoms with E-state index in [0.717, 1.165) is 10.6 Å². The summed E-state index contributed by atoms with van der Waals surface area (Å²) in [5.74, 6) is 1.14. The molecule has 0 saturated carbocycles. The summed E-state index contributed by atoms with van der Waals surface area (Å²) in [5, 5.41) is 1.98. The third kappa shape index (κ3) is 2.31. The lowest BCUT2D eigenvalue weighted by Crippen LogP contribution is -2.00. The van der Waals surface area contributed by atoms with Gasteiger partial charge in [-0.15, -0.1) is 11.3 Å². The van der Waals surface area contributed by atoms with Crippen molar-refractivity contribution < 1.29 is 4.74 Å². The predicted molar refractivity (Wildman–Crippen MR) is 60.5 cm³/mol. The topological polar surface area (TPSA) is 61.0 Å². The summed E-state index contributed by atoms with van der Waals surface area (Å²) in [6.45, 7) is 0.449. The molecule has 0 aliphatic carbocycles.